The summed E-state index contributed by atoms with van der Waals surface area (Å²) < 4.78 is 7.15. The molecule has 0 fully saturated rings. The van der Waals surface area contributed by atoms with Crippen molar-refractivity contribution >= 4 is 35.8 Å². The van der Waals surface area contributed by atoms with Crippen LogP contribution < -0.4 is 10.1 Å². The molecule has 0 unspecified atom stereocenters. The third-order valence-electron chi connectivity index (χ3n) is 5.01. The molecule has 0 aliphatic heterocycles. The van der Waals surface area contributed by atoms with Crippen molar-refractivity contribution in [3.63, 3.8) is 0 Å². The third kappa shape index (κ3) is 6.30. The molecule has 0 saturated heterocycles. The van der Waals surface area contributed by atoms with Gasteiger partial charge in [-0.05, 0) is 36.2 Å². The summed E-state index contributed by atoms with van der Waals surface area (Å²) in [6.07, 6.45) is 0.767. The van der Waals surface area contributed by atoms with Gasteiger partial charge in [0.2, 0.25) is 5.91 Å². The van der Waals surface area contributed by atoms with Crippen LogP contribution in [0.2, 0.25) is 0 Å². The number of halogens is 1. The average Bonchev–Trinajstić information content (AvgIpc) is 3.25. The lowest BCUT2D eigenvalue weighted by atomic mass is 10.1. The Bertz CT molecular complexity index is 1230. The summed E-state index contributed by atoms with van der Waals surface area (Å²) in [6.45, 7) is 0.612. The van der Waals surface area contributed by atoms with E-state index >= 15 is 0 Å². The third-order valence-corrected chi connectivity index (χ3v) is 5.98. The zero-order valence-electron chi connectivity index (χ0n) is 18.5. The number of thioether (sulfide) groups is 1. The van der Waals surface area contributed by atoms with Crippen LogP contribution in [-0.4, -0.2) is 38.6 Å². The van der Waals surface area contributed by atoms with Crippen LogP contribution in [0.5, 0.6) is 11.5 Å². The molecule has 7 nitrogen and oxygen atoms in total. The monoisotopic (exact) mass is 496 g/mol. The summed E-state index contributed by atoms with van der Waals surface area (Å²) in [5, 5.41) is 22.5. The molecular weight excluding hydrogens is 472 g/mol. The first kappa shape index (κ1) is 25.1. The van der Waals surface area contributed by atoms with Crippen LogP contribution in [-0.2, 0) is 17.8 Å². The molecule has 0 spiro atoms. The van der Waals surface area contributed by atoms with Gasteiger partial charge in [0.1, 0.15) is 11.5 Å². The van der Waals surface area contributed by atoms with Gasteiger partial charge in [0, 0.05) is 18.3 Å². The van der Waals surface area contributed by atoms with Crippen LogP contribution in [0.4, 0.5) is 5.69 Å². The van der Waals surface area contributed by atoms with E-state index in [2.05, 4.69) is 27.6 Å². The van der Waals surface area contributed by atoms with Crippen molar-refractivity contribution < 1.29 is 14.6 Å². The molecular formula is C25H25ClN4O3S. The minimum Gasteiger partial charge on any atom is -0.507 e. The summed E-state index contributed by atoms with van der Waals surface area (Å²) in [4.78, 5) is 12.5. The molecule has 9 heteroatoms. The van der Waals surface area contributed by atoms with Crippen LogP contribution in [0.15, 0.2) is 84.0 Å². The van der Waals surface area contributed by atoms with Crippen LogP contribution in [0.1, 0.15) is 5.56 Å². The molecule has 176 valence electrons. The van der Waals surface area contributed by atoms with E-state index in [1.807, 2.05) is 53.1 Å². The highest BCUT2D eigenvalue weighted by Crippen LogP contribution is 2.30. The molecule has 4 rings (SSSR count). The number of nitrogens with one attached hydrogen (secondary N) is 1. The van der Waals surface area contributed by atoms with Crippen molar-refractivity contribution in [1.82, 2.24) is 14.8 Å². The van der Waals surface area contributed by atoms with Gasteiger partial charge in [-0.25, -0.2) is 0 Å². The Hall–Kier alpha value is -3.49. The van der Waals surface area contributed by atoms with Crippen molar-refractivity contribution in [1.29, 1.82) is 0 Å². The number of hydrogen-bond acceptors (Lipinski definition) is 6. The Kier molecular flexibility index (Phi) is 8.95. The van der Waals surface area contributed by atoms with Gasteiger partial charge < -0.3 is 19.7 Å². The molecule has 0 atom stereocenters. The molecule has 1 heterocycles. The number of para-hydroxylation sites is 1. The predicted octanol–water partition coefficient (Wildman–Crippen LogP) is 5.05. The normalized spacial score (nSPS) is 10.4. The fourth-order valence-electron chi connectivity index (χ4n) is 3.37. The Balaban J connectivity index is 0.00000324. The van der Waals surface area contributed by atoms with E-state index in [9.17, 15) is 9.90 Å². The first-order valence-corrected chi connectivity index (χ1v) is 11.4. The number of carbonyl (C=O) groups excluding carboxylic acids is 1. The zero-order valence-corrected chi connectivity index (χ0v) is 20.2. The van der Waals surface area contributed by atoms with E-state index in [0.717, 1.165) is 6.42 Å². The largest absolute Gasteiger partial charge is 0.507 e. The van der Waals surface area contributed by atoms with Gasteiger partial charge in [-0.2, -0.15) is 0 Å². The number of aryl methyl sites for hydroxylation is 1. The van der Waals surface area contributed by atoms with Crippen LogP contribution in [0, 0.1) is 0 Å². The van der Waals surface area contributed by atoms with Crippen LogP contribution in [0.3, 0.4) is 0 Å². The minimum absolute atomic E-state index is 0. The van der Waals surface area contributed by atoms with E-state index in [4.69, 9.17) is 4.74 Å². The van der Waals surface area contributed by atoms with E-state index < -0.39 is 0 Å². The van der Waals surface area contributed by atoms with Crippen molar-refractivity contribution in [2.45, 2.75) is 18.1 Å². The fourth-order valence-corrected chi connectivity index (χ4v) is 4.14. The Labute approximate surface area is 208 Å². The highest BCUT2D eigenvalue weighted by atomic mass is 35.5. The van der Waals surface area contributed by atoms with E-state index in [0.29, 0.717) is 34.5 Å². The number of phenols is 1. The highest BCUT2D eigenvalue weighted by Gasteiger charge is 2.18. The summed E-state index contributed by atoms with van der Waals surface area (Å²) in [5.74, 6) is 1.39. The number of nitrogens with zero attached hydrogens (tertiary/aromatic N) is 3. The van der Waals surface area contributed by atoms with Gasteiger partial charge in [-0.15, -0.1) is 22.6 Å². The van der Waals surface area contributed by atoms with E-state index in [1.54, 1.807) is 25.3 Å². The van der Waals surface area contributed by atoms with Crippen molar-refractivity contribution in [2.75, 3.05) is 18.2 Å². The molecule has 0 aliphatic carbocycles. The number of hydrogen-bond donors (Lipinski definition) is 2. The molecule has 0 aliphatic rings. The maximum Gasteiger partial charge on any atom is 0.234 e. The molecule has 1 aromatic heterocycles. The number of anilines is 1. The lowest BCUT2D eigenvalue weighted by Gasteiger charge is -2.11. The second-order valence-corrected chi connectivity index (χ2v) is 8.22. The lowest BCUT2D eigenvalue weighted by molar-refractivity contribution is -0.113. The second kappa shape index (κ2) is 12.1. The molecule has 34 heavy (non-hydrogen) atoms. The van der Waals surface area contributed by atoms with Gasteiger partial charge in [0.05, 0.1) is 18.4 Å². The Morgan fingerprint density at radius 2 is 1.79 bits per heavy atom. The molecule has 0 bridgehead atoms. The fraction of sp³-hybridized carbons (Fsp3) is 0.160. The van der Waals surface area contributed by atoms with Crippen molar-refractivity contribution in [3.05, 3.63) is 84.4 Å². The minimum atomic E-state index is -0.157. The molecule has 3 aromatic carbocycles. The van der Waals surface area contributed by atoms with Gasteiger partial charge in [-0.1, -0.05) is 60.3 Å². The van der Waals surface area contributed by atoms with Crippen LogP contribution >= 0.6 is 24.2 Å². The number of amides is 1. The quantitative estimate of drug-likeness (QED) is 0.315. The Morgan fingerprint density at radius 1 is 1.03 bits per heavy atom. The first-order chi connectivity index (χ1) is 16.1. The van der Waals surface area contributed by atoms with Gasteiger partial charge >= 0.3 is 0 Å². The number of rotatable bonds is 9. The summed E-state index contributed by atoms with van der Waals surface area (Å²) in [6, 6.07) is 24.4. The summed E-state index contributed by atoms with van der Waals surface area (Å²) in [5.41, 5.74) is 2.45. The van der Waals surface area contributed by atoms with Gasteiger partial charge in [0.15, 0.2) is 11.0 Å². The molecule has 2 N–H and O–H groups in total. The van der Waals surface area contributed by atoms with E-state index in [1.165, 1.54) is 17.3 Å². The molecule has 0 saturated carbocycles. The second-order valence-electron chi connectivity index (χ2n) is 7.28. The topological polar surface area (TPSA) is 89.3 Å². The average molecular weight is 497 g/mol. The summed E-state index contributed by atoms with van der Waals surface area (Å²) in [7, 11) is 1.58. The molecule has 1 amide bonds. The SMILES string of the molecule is COc1cccc(NC(=O)CSc2nnc(-c3ccccc3O)n2CCc2ccccc2)c1.Cl. The number of methoxy groups -OCH3 is 1. The van der Waals surface area contributed by atoms with Gasteiger partial charge in [0.25, 0.3) is 0 Å². The van der Waals surface area contributed by atoms with Crippen molar-refractivity contribution in [3.8, 4) is 22.9 Å². The zero-order chi connectivity index (χ0) is 23.0. The standard InChI is InChI=1S/C25H24N4O3S.ClH/c1-32-20-11-7-10-19(16-20)26-23(31)17-33-25-28-27-24(21-12-5-6-13-22(21)30)29(25)15-14-18-8-3-2-4-9-18;/h2-13,16,30H,14-15,17H2,1H3,(H,26,31);1H. The lowest BCUT2D eigenvalue weighted by Crippen LogP contribution is -2.15. The highest BCUT2D eigenvalue weighted by molar-refractivity contribution is 7.99. The number of benzene rings is 3. The van der Waals surface area contributed by atoms with Crippen molar-refractivity contribution in [2.24, 2.45) is 0 Å². The number of carbonyl (C=O) groups is 1. The maximum absolute atomic E-state index is 12.5. The predicted molar refractivity (Wildman–Crippen MR) is 137 cm³/mol. The van der Waals surface area contributed by atoms with Crippen LogP contribution in [0.25, 0.3) is 11.4 Å². The summed E-state index contributed by atoms with van der Waals surface area (Å²) >= 11 is 1.31. The molecule has 0 radical (unpaired) electrons. The smallest absolute Gasteiger partial charge is 0.234 e. The maximum atomic E-state index is 12.5. The molecule has 4 aromatic rings. The number of ether oxygens (including phenoxy) is 1. The van der Waals surface area contributed by atoms with E-state index in [-0.39, 0.29) is 29.8 Å². The number of aromatic hydroxyl groups is 1. The van der Waals surface area contributed by atoms with Gasteiger partial charge in [-0.3, -0.25) is 4.79 Å². The Morgan fingerprint density at radius 3 is 2.56 bits per heavy atom. The number of aromatic nitrogens is 3. The first-order valence-electron chi connectivity index (χ1n) is 10.5. The number of phenolic OH excluding ortho intramolecular Hbond substituents is 1.